The van der Waals surface area contributed by atoms with Crippen LogP contribution in [0.25, 0.3) is 11.0 Å². The van der Waals surface area contributed by atoms with Crippen molar-refractivity contribution >= 4 is 40.1 Å². The van der Waals surface area contributed by atoms with Crippen LogP contribution in [0, 0.1) is 6.92 Å². The molecular weight excluding hydrogens is 352 g/mol. The van der Waals surface area contributed by atoms with Crippen molar-refractivity contribution in [2.75, 3.05) is 5.32 Å². The van der Waals surface area contributed by atoms with Crippen molar-refractivity contribution < 1.29 is 14.0 Å². The molecule has 1 saturated carbocycles. The van der Waals surface area contributed by atoms with Crippen LogP contribution in [0.1, 0.15) is 39.3 Å². The molecular formula is C20H17ClN2O3. The van der Waals surface area contributed by atoms with Crippen LogP contribution < -0.4 is 10.6 Å². The third-order valence-electron chi connectivity index (χ3n) is 4.45. The average Bonchev–Trinajstić information content (AvgIpc) is 3.37. The van der Waals surface area contributed by atoms with Gasteiger partial charge in [0.25, 0.3) is 11.8 Å². The van der Waals surface area contributed by atoms with Crippen LogP contribution in [-0.2, 0) is 0 Å². The van der Waals surface area contributed by atoms with Gasteiger partial charge in [-0.2, -0.15) is 0 Å². The molecule has 0 atom stereocenters. The summed E-state index contributed by atoms with van der Waals surface area (Å²) in [6.07, 6.45) is 2.00. The molecule has 0 saturated heterocycles. The number of anilines is 1. The standard InChI is InChI=1S/C20H17ClN2O3/c1-11-13-6-4-7-15(21)18(13)26-17(11)20(25)23-16-8-3-2-5-14(16)19(24)22-12-9-10-12/h2-8,12H,9-10H2,1H3,(H,22,24)(H,23,25). The number of para-hydroxylation sites is 2. The Hall–Kier alpha value is -2.79. The first-order chi connectivity index (χ1) is 12.5. The van der Waals surface area contributed by atoms with Gasteiger partial charge in [-0.3, -0.25) is 9.59 Å². The summed E-state index contributed by atoms with van der Waals surface area (Å²) in [6.45, 7) is 1.81. The number of carbonyl (C=O) groups excluding carboxylic acids is 2. The summed E-state index contributed by atoms with van der Waals surface area (Å²) in [4.78, 5) is 25.1. The highest BCUT2D eigenvalue weighted by atomic mass is 35.5. The van der Waals surface area contributed by atoms with Crippen LogP contribution in [0.4, 0.5) is 5.69 Å². The minimum atomic E-state index is -0.415. The number of amides is 2. The number of nitrogens with one attached hydrogen (secondary N) is 2. The second-order valence-electron chi connectivity index (χ2n) is 6.42. The number of furan rings is 1. The van der Waals surface area contributed by atoms with Crippen molar-refractivity contribution in [2.45, 2.75) is 25.8 Å². The van der Waals surface area contributed by atoms with E-state index in [1.54, 1.807) is 30.3 Å². The molecule has 1 aliphatic carbocycles. The number of rotatable bonds is 4. The van der Waals surface area contributed by atoms with Crippen LogP contribution in [-0.4, -0.2) is 17.9 Å². The predicted octanol–water partition coefficient (Wildman–Crippen LogP) is 4.54. The average molecular weight is 369 g/mol. The Labute approximate surface area is 155 Å². The highest BCUT2D eigenvalue weighted by molar-refractivity contribution is 6.35. The fourth-order valence-electron chi connectivity index (χ4n) is 2.89. The molecule has 5 nitrogen and oxygen atoms in total. The molecule has 0 aliphatic heterocycles. The Balaban J connectivity index is 1.64. The maximum Gasteiger partial charge on any atom is 0.291 e. The van der Waals surface area contributed by atoms with Gasteiger partial charge in [0.05, 0.1) is 16.3 Å². The van der Waals surface area contributed by atoms with Gasteiger partial charge in [0.1, 0.15) is 0 Å². The van der Waals surface area contributed by atoms with Crippen molar-refractivity contribution in [3.05, 3.63) is 64.4 Å². The zero-order valence-corrected chi connectivity index (χ0v) is 14.9. The molecule has 4 rings (SSSR count). The first kappa shape index (κ1) is 16.7. The number of fused-ring (bicyclic) bond motifs is 1. The molecule has 2 amide bonds. The highest BCUT2D eigenvalue weighted by Gasteiger charge is 2.26. The van der Waals surface area contributed by atoms with Gasteiger partial charge < -0.3 is 15.1 Å². The Kier molecular flexibility index (Phi) is 4.17. The summed E-state index contributed by atoms with van der Waals surface area (Å²) in [5.41, 5.74) is 2.07. The molecule has 1 heterocycles. The SMILES string of the molecule is Cc1c(C(=O)Nc2ccccc2C(=O)NC2CC2)oc2c(Cl)cccc12. The van der Waals surface area contributed by atoms with E-state index >= 15 is 0 Å². The summed E-state index contributed by atoms with van der Waals surface area (Å²) in [7, 11) is 0. The largest absolute Gasteiger partial charge is 0.449 e. The Morgan fingerprint density at radius 3 is 2.58 bits per heavy atom. The molecule has 1 aliphatic rings. The second kappa shape index (κ2) is 6.50. The molecule has 1 fully saturated rings. The van der Waals surface area contributed by atoms with Gasteiger partial charge in [-0.15, -0.1) is 0 Å². The molecule has 26 heavy (non-hydrogen) atoms. The molecule has 1 aromatic heterocycles. The summed E-state index contributed by atoms with van der Waals surface area (Å²) in [5.74, 6) is -0.417. The summed E-state index contributed by atoms with van der Waals surface area (Å²) in [6, 6.07) is 12.5. The monoisotopic (exact) mass is 368 g/mol. The van der Waals surface area contributed by atoms with Crippen LogP contribution in [0.5, 0.6) is 0 Å². The third kappa shape index (κ3) is 3.06. The number of carbonyl (C=O) groups is 2. The number of benzene rings is 2. The summed E-state index contributed by atoms with van der Waals surface area (Å²) < 4.78 is 5.69. The molecule has 6 heteroatoms. The van der Waals surface area contributed by atoms with Crippen molar-refractivity contribution in [1.82, 2.24) is 5.32 Å². The lowest BCUT2D eigenvalue weighted by Crippen LogP contribution is -2.27. The molecule has 0 spiro atoms. The number of halogens is 1. The first-order valence-electron chi connectivity index (χ1n) is 8.43. The number of hydrogen-bond acceptors (Lipinski definition) is 3. The van der Waals surface area contributed by atoms with E-state index in [0.717, 1.165) is 18.2 Å². The summed E-state index contributed by atoms with van der Waals surface area (Å²) >= 11 is 6.15. The number of aryl methyl sites for hydroxylation is 1. The first-order valence-corrected chi connectivity index (χ1v) is 8.81. The van der Waals surface area contributed by atoms with Crippen molar-refractivity contribution in [2.24, 2.45) is 0 Å². The van der Waals surface area contributed by atoms with Gasteiger partial charge in [-0.1, -0.05) is 35.9 Å². The van der Waals surface area contributed by atoms with Crippen LogP contribution >= 0.6 is 11.6 Å². The Morgan fingerprint density at radius 1 is 1.08 bits per heavy atom. The minimum Gasteiger partial charge on any atom is -0.449 e. The Morgan fingerprint density at radius 2 is 1.85 bits per heavy atom. The van der Waals surface area contributed by atoms with Gasteiger partial charge in [0, 0.05) is 17.0 Å². The van der Waals surface area contributed by atoms with Crippen LogP contribution in [0.2, 0.25) is 5.02 Å². The highest BCUT2D eigenvalue weighted by Crippen LogP contribution is 2.31. The topological polar surface area (TPSA) is 71.3 Å². The van der Waals surface area contributed by atoms with E-state index in [1.165, 1.54) is 0 Å². The van der Waals surface area contributed by atoms with Gasteiger partial charge in [-0.05, 0) is 38.0 Å². The lowest BCUT2D eigenvalue weighted by Gasteiger charge is -2.10. The second-order valence-corrected chi connectivity index (χ2v) is 6.83. The van der Waals surface area contributed by atoms with Crippen molar-refractivity contribution in [3.63, 3.8) is 0 Å². The number of hydrogen-bond donors (Lipinski definition) is 2. The lowest BCUT2D eigenvalue weighted by molar-refractivity contribution is 0.0952. The minimum absolute atomic E-state index is 0.186. The zero-order valence-electron chi connectivity index (χ0n) is 14.1. The van der Waals surface area contributed by atoms with E-state index in [1.807, 2.05) is 19.1 Å². The quantitative estimate of drug-likeness (QED) is 0.710. The fraction of sp³-hybridized carbons (Fsp3) is 0.200. The maximum absolute atomic E-state index is 12.7. The van der Waals surface area contributed by atoms with E-state index in [2.05, 4.69) is 10.6 Å². The van der Waals surface area contributed by atoms with Gasteiger partial charge in [-0.25, -0.2) is 0 Å². The van der Waals surface area contributed by atoms with E-state index in [9.17, 15) is 9.59 Å². The van der Waals surface area contributed by atoms with Gasteiger partial charge >= 0.3 is 0 Å². The van der Waals surface area contributed by atoms with Gasteiger partial charge in [0.15, 0.2) is 11.3 Å². The predicted molar refractivity (Wildman–Crippen MR) is 101 cm³/mol. The third-order valence-corrected chi connectivity index (χ3v) is 4.75. The van der Waals surface area contributed by atoms with E-state index < -0.39 is 5.91 Å². The molecule has 0 unspecified atom stereocenters. The van der Waals surface area contributed by atoms with E-state index in [0.29, 0.717) is 27.4 Å². The van der Waals surface area contributed by atoms with E-state index in [-0.39, 0.29) is 17.7 Å². The molecule has 0 radical (unpaired) electrons. The molecule has 3 aromatic rings. The molecule has 132 valence electrons. The smallest absolute Gasteiger partial charge is 0.291 e. The van der Waals surface area contributed by atoms with Crippen LogP contribution in [0.3, 0.4) is 0 Å². The molecule has 2 N–H and O–H groups in total. The van der Waals surface area contributed by atoms with Crippen LogP contribution in [0.15, 0.2) is 46.9 Å². The Bertz CT molecular complexity index is 1020. The molecule has 2 aromatic carbocycles. The zero-order chi connectivity index (χ0) is 18.3. The molecule has 0 bridgehead atoms. The van der Waals surface area contributed by atoms with Gasteiger partial charge in [0.2, 0.25) is 0 Å². The lowest BCUT2D eigenvalue weighted by atomic mass is 10.1. The fourth-order valence-corrected chi connectivity index (χ4v) is 3.10. The van der Waals surface area contributed by atoms with E-state index in [4.69, 9.17) is 16.0 Å². The van der Waals surface area contributed by atoms with Crippen molar-refractivity contribution in [1.29, 1.82) is 0 Å². The normalized spacial score (nSPS) is 13.6. The summed E-state index contributed by atoms with van der Waals surface area (Å²) in [5, 5.41) is 6.97. The maximum atomic E-state index is 12.7. The van der Waals surface area contributed by atoms with Crippen molar-refractivity contribution in [3.8, 4) is 0 Å².